The number of amides is 2. The molecule has 1 fully saturated rings. The van der Waals surface area contributed by atoms with Gasteiger partial charge in [-0.3, -0.25) is 19.2 Å². The second-order valence-electron chi connectivity index (χ2n) is 7.48. The summed E-state index contributed by atoms with van der Waals surface area (Å²) < 4.78 is 0. The third-order valence-corrected chi connectivity index (χ3v) is 5.25. The number of carboxylic acid groups (broad SMARTS) is 1. The van der Waals surface area contributed by atoms with Crippen LogP contribution in [0.15, 0.2) is 18.2 Å². The van der Waals surface area contributed by atoms with E-state index in [1.807, 2.05) is 32.0 Å². The Morgan fingerprint density at radius 2 is 1.75 bits per heavy atom. The minimum Gasteiger partial charge on any atom is -0.481 e. The van der Waals surface area contributed by atoms with Crippen molar-refractivity contribution in [1.82, 2.24) is 9.80 Å². The van der Waals surface area contributed by atoms with Gasteiger partial charge in [0.05, 0.1) is 12.5 Å². The zero-order valence-electron chi connectivity index (χ0n) is 16.7. The maximum Gasteiger partial charge on any atom is 0.306 e. The van der Waals surface area contributed by atoms with E-state index in [1.165, 1.54) is 4.90 Å². The van der Waals surface area contributed by atoms with Crippen LogP contribution in [0.25, 0.3) is 0 Å². The van der Waals surface area contributed by atoms with E-state index < -0.39 is 11.9 Å². The molecule has 28 heavy (non-hydrogen) atoms. The molecule has 0 atom stereocenters. The van der Waals surface area contributed by atoms with E-state index in [-0.39, 0.29) is 37.0 Å². The first kappa shape index (κ1) is 21.6. The molecule has 0 aromatic heterocycles. The van der Waals surface area contributed by atoms with Crippen LogP contribution >= 0.6 is 0 Å². The van der Waals surface area contributed by atoms with Crippen molar-refractivity contribution in [2.45, 2.75) is 39.5 Å². The normalized spacial score (nSPS) is 14.6. The lowest BCUT2D eigenvalue weighted by Gasteiger charge is -2.31. The number of likely N-dealkylation sites (N-methyl/N-ethyl adjacent to an activating group) is 1. The quantitative estimate of drug-likeness (QED) is 0.722. The minimum absolute atomic E-state index is 0.0527. The number of ketones is 1. The summed E-state index contributed by atoms with van der Waals surface area (Å²) >= 11 is 0. The predicted molar refractivity (Wildman–Crippen MR) is 104 cm³/mol. The number of carbonyl (C=O) groups excluding carboxylic acids is 3. The number of nitrogens with zero attached hydrogens (tertiary/aromatic N) is 2. The number of piperidine rings is 1. The van der Waals surface area contributed by atoms with Gasteiger partial charge in [-0.1, -0.05) is 17.7 Å². The Morgan fingerprint density at radius 3 is 2.36 bits per heavy atom. The van der Waals surface area contributed by atoms with Gasteiger partial charge in [-0.25, -0.2) is 0 Å². The molecule has 1 heterocycles. The Morgan fingerprint density at radius 1 is 1.11 bits per heavy atom. The molecule has 2 rings (SSSR count). The summed E-state index contributed by atoms with van der Waals surface area (Å²) in [7, 11) is 1.55. The molecule has 1 N–H and O–H groups in total. The molecule has 2 amide bonds. The Balaban J connectivity index is 1.81. The molecule has 0 unspecified atom stereocenters. The number of Topliss-reactive ketones (excluding diaryl/α,β-unsaturated/α-hetero) is 1. The monoisotopic (exact) mass is 388 g/mol. The van der Waals surface area contributed by atoms with Gasteiger partial charge < -0.3 is 14.9 Å². The summed E-state index contributed by atoms with van der Waals surface area (Å²) in [6.45, 7) is 4.51. The summed E-state index contributed by atoms with van der Waals surface area (Å²) in [5.74, 6) is -1.76. The molecule has 0 aliphatic carbocycles. The Hall–Kier alpha value is -2.70. The van der Waals surface area contributed by atoms with Gasteiger partial charge in [0.2, 0.25) is 11.8 Å². The van der Waals surface area contributed by atoms with E-state index in [1.54, 1.807) is 11.9 Å². The van der Waals surface area contributed by atoms with Crippen molar-refractivity contribution in [2.24, 2.45) is 5.92 Å². The summed E-state index contributed by atoms with van der Waals surface area (Å²) in [5.41, 5.74) is 2.51. The average Bonchev–Trinajstić information content (AvgIpc) is 2.67. The number of aryl methyl sites for hydroxylation is 2. The highest BCUT2D eigenvalue weighted by molar-refractivity contribution is 5.99. The van der Waals surface area contributed by atoms with Gasteiger partial charge in [-0.05, 0) is 38.3 Å². The number of hydrogen-bond acceptors (Lipinski definition) is 4. The number of aliphatic carboxylic acids is 1. The zero-order valence-corrected chi connectivity index (χ0v) is 16.7. The fraction of sp³-hybridized carbons (Fsp3) is 0.524. The molecule has 1 aromatic rings. The molecule has 7 nitrogen and oxygen atoms in total. The molecule has 152 valence electrons. The number of rotatable bonds is 7. The van der Waals surface area contributed by atoms with Crippen molar-refractivity contribution >= 4 is 23.6 Å². The van der Waals surface area contributed by atoms with Crippen LogP contribution in [0.4, 0.5) is 0 Å². The van der Waals surface area contributed by atoms with E-state index in [2.05, 4.69) is 0 Å². The summed E-state index contributed by atoms with van der Waals surface area (Å²) in [6, 6.07) is 5.66. The van der Waals surface area contributed by atoms with Gasteiger partial charge in [0.1, 0.15) is 0 Å². The van der Waals surface area contributed by atoms with Crippen molar-refractivity contribution < 1.29 is 24.3 Å². The van der Waals surface area contributed by atoms with Gasteiger partial charge in [0.25, 0.3) is 0 Å². The molecule has 1 aliphatic rings. The number of likely N-dealkylation sites (tertiary alicyclic amines) is 1. The van der Waals surface area contributed by atoms with Crippen LogP contribution in [0.2, 0.25) is 0 Å². The third kappa shape index (κ3) is 5.65. The van der Waals surface area contributed by atoms with E-state index in [4.69, 9.17) is 5.11 Å². The summed E-state index contributed by atoms with van der Waals surface area (Å²) in [6.07, 6.45) is 1.02. The molecule has 1 aliphatic heterocycles. The summed E-state index contributed by atoms with van der Waals surface area (Å²) in [5, 5.41) is 9.02. The molecule has 7 heteroatoms. The van der Waals surface area contributed by atoms with Crippen LogP contribution in [-0.4, -0.2) is 65.2 Å². The number of hydrogen-bond donors (Lipinski definition) is 1. The lowest BCUT2D eigenvalue weighted by Crippen LogP contribution is -2.45. The van der Waals surface area contributed by atoms with Crippen molar-refractivity contribution in [3.05, 3.63) is 34.9 Å². The average molecular weight is 388 g/mol. The lowest BCUT2D eigenvalue weighted by atomic mass is 9.97. The van der Waals surface area contributed by atoms with Crippen molar-refractivity contribution in [3.63, 3.8) is 0 Å². The third-order valence-electron chi connectivity index (χ3n) is 5.25. The van der Waals surface area contributed by atoms with E-state index in [9.17, 15) is 19.2 Å². The smallest absolute Gasteiger partial charge is 0.306 e. The Labute approximate surface area is 165 Å². The van der Waals surface area contributed by atoms with Crippen LogP contribution in [-0.2, 0) is 14.4 Å². The first-order valence-electron chi connectivity index (χ1n) is 9.54. The van der Waals surface area contributed by atoms with Crippen LogP contribution in [0.5, 0.6) is 0 Å². The number of carbonyl (C=O) groups is 4. The maximum atomic E-state index is 12.4. The van der Waals surface area contributed by atoms with E-state index >= 15 is 0 Å². The van der Waals surface area contributed by atoms with Crippen molar-refractivity contribution in [3.8, 4) is 0 Å². The minimum atomic E-state index is -0.826. The Kier molecular flexibility index (Phi) is 7.31. The van der Waals surface area contributed by atoms with Crippen LogP contribution in [0.3, 0.4) is 0 Å². The van der Waals surface area contributed by atoms with Gasteiger partial charge >= 0.3 is 5.97 Å². The second kappa shape index (κ2) is 9.48. The van der Waals surface area contributed by atoms with Gasteiger partial charge in [-0.15, -0.1) is 0 Å². The molecular weight excluding hydrogens is 360 g/mol. The van der Waals surface area contributed by atoms with Gasteiger partial charge in [-0.2, -0.15) is 0 Å². The van der Waals surface area contributed by atoms with Gasteiger partial charge in [0, 0.05) is 38.5 Å². The maximum absolute atomic E-state index is 12.4. The highest BCUT2D eigenvalue weighted by Crippen LogP contribution is 2.18. The first-order chi connectivity index (χ1) is 13.2. The molecule has 0 radical (unpaired) electrons. The molecular formula is C21H28N2O5. The van der Waals surface area contributed by atoms with Crippen LogP contribution < -0.4 is 0 Å². The SMILES string of the molecule is Cc1ccc(C)c(C(=O)CCC(=O)N(C)CC(=O)N2CCC(C(=O)O)CC2)c1. The molecule has 0 bridgehead atoms. The highest BCUT2D eigenvalue weighted by Gasteiger charge is 2.28. The zero-order chi connectivity index (χ0) is 20.8. The molecule has 1 saturated heterocycles. The van der Waals surface area contributed by atoms with E-state index in [0.717, 1.165) is 11.1 Å². The second-order valence-corrected chi connectivity index (χ2v) is 7.48. The Bertz CT molecular complexity index is 766. The van der Waals surface area contributed by atoms with E-state index in [0.29, 0.717) is 31.5 Å². The van der Waals surface area contributed by atoms with Crippen molar-refractivity contribution in [2.75, 3.05) is 26.7 Å². The number of benzene rings is 1. The van der Waals surface area contributed by atoms with Gasteiger partial charge in [0.15, 0.2) is 5.78 Å². The number of carboxylic acids is 1. The standard InChI is InChI=1S/C21H28N2O5/c1-14-4-5-15(2)17(12-14)18(24)6-7-19(25)22(3)13-20(26)23-10-8-16(9-11-23)21(27)28/h4-5,12,16H,6-11,13H2,1-3H3,(H,27,28). The first-order valence-corrected chi connectivity index (χ1v) is 9.54. The highest BCUT2D eigenvalue weighted by atomic mass is 16.4. The molecule has 1 aromatic carbocycles. The predicted octanol–water partition coefficient (Wildman–Crippen LogP) is 2.05. The van der Waals surface area contributed by atoms with Crippen LogP contribution in [0, 0.1) is 19.8 Å². The lowest BCUT2D eigenvalue weighted by molar-refractivity contribution is -0.146. The van der Waals surface area contributed by atoms with Crippen molar-refractivity contribution in [1.29, 1.82) is 0 Å². The van der Waals surface area contributed by atoms with Crippen LogP contribution in [0.1, 0.15) is 47.2 Å². The molecule has 0 spiro atoms. The fourth-order valence-electron chi connectivity index (χ4n) is 3.35. The fourth-order valence-corrected chi connectivity index (χ4v) is 3.35. The topological polar surface area (TPSA) is 95.0 Å². The summed E-state index contributed by atoms with van der Waals surface area (Å²) in [4.78, 5) is 51.0. The molecule has 0 saturated carbocycles. The largest absolute Gasteiger partial charge is 0.481 e.